The van der Waals surface area contributed by atoms with Crippen LogP contribution in [0.25, 0.3) is 11.1 Å². The molecule has 5 rings (SSSR count). The number of amides is 1. The highest BCUT2D eigenvalue weighted by Crippen LogP contribution is 2.33. The van der Waals surface area contributed by atoms with Crippen LogP contribution >= 0.6 is 0 Å². The summed E-state index contributed by atoms with van der Waals surface area (Å²) in [7, 11) is 2.14. The highest BCUT2D eigenvalue weighted by atomic mass is 16.6. The molecule has 1 saturated heterocycles. The first-order chi connectivity index (χ1) is 15.7. The molecule has 3 heterocycles. The smallest absolute Gasteiger partial charge is 0.269 e. The molecule has 2 aliphatic rings. The summed E-state index contributed by atoms with van der Waals surface area (Å²) < 4.78 is 11.6. The van der Waals surface area contributed by atoms with E-state index in [9.17, 15) is 4.79 Å². The predicted octanol–water partition coefficient (Wildman–Crippen LogP) is 3.36. The van der Waals surface area contributed by atoms with E-state index in [1.165, 1.54) is 0 Å². The number of carbonyl (C=O) groups excluding carboxylic acids is 1. The van der Waals surface area contributed by atoms with Crippen LogP contribution in [0.3, 0.4) is 0 Å². The highest BCUT2D eigenvalue weighted by molar-refractivity contribution is 5.98. The summed E-state index contributed by atoms with van der Waals surface area (Å²) >= 11 is 0. The molecule has 1 aromatic heterocycles. The summed E-state index contributed by atoms with van der Waals surface area (Å²) in [6.07, 6.45) is 5.04. The molecule has 32 heavy (non-hydrogen) atoms. The maximum absolute atomic E-state index is 13.0. The van der Waals surface area contributed by atoms with Gasteiger partial charge in [0.25, 0.3) is 5.91 Å². The molecule has 0 spiro atoms. The van der Waals surface area contributed by atoms with Crippen LogP contribution in [0.2, 0.25) is 0 Å². The number of ether oxygens (including phenoxy) is 2. The van der Waals surface area contributed by atoms with Gasteiger partial charge in [0.1, 0.15) is 6.61 Å². The van der Waals surface area contributed by atoms with Gasteiger partial charge in [-0.05, 0) is 62.8 Å². The molecule has 1 amide bonds. The number of hydrogen-bond acceptors (Lipinski definition) is 6. The molecule has 8 heteroatoms. The minimum atomic E-state index is -0.713. The van der Waals surface area contributed by atoms with E-state index in [1.54, 1.807) is 6.20 Å². The first-order valence-corrected chi connectivity index (χ1v) is 10.9. The molecule has 0 saturated carbocycles. The molecule has 3 N–H and O–H groups in total. The SMILES string of the molecule is CN1CCC(Nc2cc(-c3cn[nH]c3)ccc2NC(=O)C2COc3ccccc3O2)CC1. The van der Waals surface area contributed by atoms with Crippen LogP contribution in [-0.4, -0.2) is 59.9 Å². The van der Waals surface area contributed by atoms with Crippen LogP contribution in [-0.2, 0) is 4.79 Å². The second-order valence-corrected chi connectivity index (χ2v) is 8.32. The zero-order valence-corrected chi connectivity index (χ0v) is 18.0. The van der Waals surface area contributed by atoms with Gasteiger partial charge in [-0.3, -0.25) is 9.89 Å². The van der Waals surface area contributed by atoms with Gasteiger partial charge in [0.15, 0.2) is 11.5 Å². The van der Waals surface area contributed by atoms with Gasteiger partial charge < -0.3 is 25.0 Å². The number of hydrogen-bond donors (Lipinski definition) is 3. The van der Waals surface area contributed by atoms with E-state index in [0.717, 1.165) is 48.4 Å². The summed E-state index contributed by atoms with van der Waals surface area (Å²) in [4.78, 5) is 15.3. The topological polar surface area (TPSA) is 91.5 Å². The van der Waals surface area contributed by atoms with Crippen molar-refractivity contribution >= 4 is 17.3 Å². The zero-order chi connectivity index (χ0) is 21.9. The molecule has 0 aliphatic carbocycles. The number of aromatic amines is 1. The Hall–Kier alpha value is -3.52. The minimum Gasteiger partial charge on any atom is -0.485 e. The Morgan fingerprint density at radius 3 is 2.69 bits per heavy atom. The van der Waals surface area contributed by atoms with Crippen molar-refractivity contribution in [2.75, 3.05) is 37.4 Å². The highest BCUT2D eigenvalue weighted by Gasteiger charge is 2.28. The van der Waals surface area contributed by atoms with E-state index in [0.29, 0.717) is 17.5 Å². The van der Waals surface area contributed by atoms with Crippen LogP contribution in [0.1, 0.15) is 12.8 Å². The Bertz CT molecular complexity index is 1080. The lowest BCUT2D eigenvalue weighted by molar-refractivity contribution is -0.125. The van der Waals surface area contributed by atoms with Gasteiger partial charge in [-0.25, -0.2) is 0 Å². The van der Waals surface area contributed by atoms with Crippen molar-refractivity contribution in [1.82, 2.24) is 15.1 Å². The second-order valence-electron chi connectivity index (χ2n) is 8.32. The second kappa shape index (κ2) is 8.92. The summed E-state index contributed by atoms with van der Waals surface area (Å²) in [6, 6.07) is 13.7. The summed E-state index contributed by atoms with van der Waals surface area (Å²) in [5, 5.41) is 13.6. The number of H-pyrrole nitrogens is 1. The average molecular weight is 434 g/mol. The third-order valence-corrected chi connectivity index (χ3v) is 5.99. The molecule has 0 radical (unpaired) electrons. The third kappa shape index (κ3) is 4.40. The molecule has 2 aromatic carbocycles. The van der Waals surface area contributed by atoms with Crippen molar-refractivity contribution in [3.8, 4) is 22.6 Å². The van der Waals surface area contributed by atoms with Gasteiger partial charge in [0.2, 0.25) is 6.10 Å². The Kier molecular flexibility index (Phi) is 5.68. The Labute approximate surface area is 186 Å². The van der Waals surface area contributed by atoms with E-state index in [2.05, 4.69) is 38.8 Å². The molecule has 1 fully saturated rings. The molecular weight excluding hydrogens is 406 g/mol. The van der Waals surface area contributed by atoms with E-state index < -0.39 is 6.10 Å². The Morgan fingerprint density at radius 1 is 1.09 bits per heavy atom. The van der Waals surface area contributed by atoms with Crippen molar-refractivity contribution in [3.05, 3.63) is 54.9 Å². The van der Waals surface area contributed by atoms with Crippen LogP contribution < -0.4 is 20.1 Å². The normalized spacial score (nSPS) is 18.8. The maximum Gasteiger partial charge on any atom is 0.269 e. The first kappa shape index (κ1) is 20.4. The summed E-state index contributed by atoms with van der Waals surface area (Å²) in [5.74, 6) is 1.01. The van der Waals surface area contributed by atoms with Gasteiger partial charge in [0, 0.05) is 17.8 Å². The van der Waals surface area contributed by atoms with Crippen molar-refractivity contribution in [3.63, 3.8) is 0 Å². The number of fused-ring (bicyclic) bond motifs is 1. The molecule has 8 nitrogen and oxygen atoms in total. The molecule has 3 aromatic rings. The molecule has 1 atom stereocenters. The fourth-order valence-corrected chi connectivity index (χ4v) is 4.10. The molecular formula is C24H27N5O3. The molecule has 166 valence electrons. The quantitative estimate of drug-likeness (QED) is 0.572. The van der Waals surface area contributed by atoms with Crippen LogP contribution in [0.15, 0.2) is 54.9 Å². The lowest BCUT2D eigenvalue weighted by Gasteiger charge is -2.31. The van der Waals surface area contributed by atoms with E-state index >= 15 is 0 Å². The lowest BCUT2D eigenvalue weighted by Crippen LogP contribution is -2.40. The monoisotopic (exact) mass is 433 g/mol. The summed E-state index contributed by atoms with van der Waals surface area (Å²) in [6.45, 7) is 2.27. The number of nitrogens with zero attached hydrogens (tertiary/aromatic N) is 2. The summed E-state index contributed by atoms with van der Waals surface area (Å²) in [5.41, 5.74) is 3.64. The van der Waals surface area contributed by atoms with E-state index in [1.807, 2.05) is 42.6 Å². The first-order valence-electron chi connectivity index (χ1n) is 10.9. The van der Waals surface area contributed by atoms with Crippen molar-refractivity contribution in [2.24, 2.45) is 0 Å². The molecule has 0 bridgehead atoms. The zero-order valence-electron chi connectivity index (χ0n) is 18.0. The lowest BCUT2D eigenvalue weighted by atomic mass is 10.0. The van der Waals surface area contributed by atoms with Gasteiger partial charge in [0.05, 0.1) is 17.6 Å². The van der Waals surface area contributed by atoms with Crippen LogP contribution in [0.5, 0.6) is 11.5 Å². The van der Waals surface area contributed by atoms with Gasteiger partial charge in [-0.2, -0.15) is 5.10 Å². The standard InChI is InChI=1S/C24H27N5O3/c1-29-10-8-18(9-11-29)27-20-12-16(17-13-25-26-14-17)6-7-19(20)28-24(30)23-15-31-21-4-2-3-5-22(21)32-23/h2-7,12-14,18,23,27H,8-11,15H2,1H3,(H,25,26)(H,28,30). The van der Waals surface area contributed by atoms with Crippen molar-refractivity contribution < 1.29 is 14.3 Å². The van der Waals surface area contributed by atoms with Crippen molar-refractivity contribution in [1.29, 1.82) is 0 Å². The number of anilines is 2. The van der Waals surface area contributed by atoms with Crippen LogP contribution in [0.4, 0.5) is 11.4 Å². The van der Waals surface area contributed by atoms with E-state index in [-0.39, 0.29) is 12.5 Å². The van der Waals surface area contributed by atoms with Crippen LogP contribution in [0, 0.1) is 0 Å². The Balaban J connectivity index is 1.35. The largest absolute Gasteiger partial charge is 0.485 e. The third-order valence-electron chi connectivity index (χ3n) is 5.99. The van der Waals surface area contributed by atoms with Gasteiger partial charge in [-0.1, -0.05) is 18.2 Å². The number of likely N-dealkylation sites (tertiary alicyclic amines) is 1. The average Bonchev–Trinajstić information content (AvgIpc) is 3.36. The number of aromatic nitrogens is 2. The number of rotatable bonds is 5. The maximum atomic E-state index is 13.0. The predicted molar refractivity (Wildman–Crippen MR) is 123 cm³/mol. The van der Waals surface area contributed by atoms with Gasteiger partial charge in [-0.15, -0.1) is 0 Å². The van der Waals surface area contributed by atoms with E-state index in [4.69, 9.17) is 9.47 Å². The molecule has 2 aliphatic heterocycles. The number of piperidine rings is 1. The fraction of sp³-hybridized carbons (Fsp3) is 0.333. The number of para-hydroxylation sites is 2. The fourth-order valence-electron chi connectivity index (χ4n) is 4.10. The number of benzene rings is 2. The number of nitrogens with one attached hydrogen (secondary N) is 3. The minimum absolute atomic E-state index is 0.174. The van der Waals surface area contributed by atoms with Gasteiger partial charge >= 0.3 is 0 Å². The molecule has 1 unspecified atom stereocenters. The van der Waals surface area contributed by atoms with Crippen molar-refractivity contribution in [2.45, 2.75) is 25.0 Å². The number of carbonyl (C=O) groups is 1. The Morgan fingerprint density at radius 2 is 1.91 bits per heavy atom.